The highest BCUT2D eigenvalue weighted by Crippen LogP contribution is 2.25. The highest BCUT2D eigenvalue weighted by Gasteiger charge is 2.12. The first kappa shape index (κ1) is 16.0. The molecule has 0 amide bonds. The van der Waals surface area contributed by atoms with Gasteiger partial charge in [0.2, 0.25) is 0 Å². The van der Waals surface area contributed by atoms with E-state index in [9.17, 15) is 0 Å². The van der Waals surface area contributed by atoms with Gasteiger partial charge in [-0.25, -0.2) is 9.97 Å². The summed E-state index contributed by atoms with van der Waals surface area (Å²) < 4.78 is 11.6. The van der Waals surface area contributed by atoms with Crippen molar-refractivity contribution in [3.63, 3.8) is 0 Å². The maximum atomic E-state index is 5.45. The van der Waals surface area contributed by atoms with E-state index in [1.165, 1.54) is 0 Å². The van der Waals surface area contributed by atoms with E-state index in [2.05, 4.69) is 37.9 Å². The quantitative estimate of drug-likeness (QED) is 0.756. The van der Waals surface area contributed by atoms with Gasteiger partial charge in [0.05, 0.1) is 22.5 Å². The summed E-state index contributed by atoms with van der Waals surface area (Å²) >= 11 is 2.23. The maximum Gasteiger partial charge on any atom is 0.161 e. The van der Waals surface area contributed by atoms with Crippen LogP contribution in [0.4, 0.5) is 5.82 Å². The van der Waals surface area contributed by atoms with Gasteiger partial charge in [-0.3, -0.25) is 0 Å². The predicted octanol–water partition coefficient (Wildman–Crippen LogP) is 3.34. The number of nitrogens with one attached hydrogen (secondary N) is 1. The van der Waals surface area contributed by atoms with Crippen LogP contribution >= 0.6 is 22.6 Å². The summed E-state index contributed by atoms with van der Waals surface area (Å²) in [4.78, 5) is 9.15. The van der Waals surface area contributed by atoms with E-state index in [1.807, 2.05) is 38.2 Å². The second-order valence-electron chi connectivity index (χ2n) is 4.30. The van der Waals surface area contributed by atoms with Crippen molar-refractivity contribution in [3.8, 4) is 17.1 Å². The zero-order valence-corrected chi connectivity index (χ0v) is 14.5. The van der Waals surface area contributed by atoms with E-state index < -0.39 is 0 Å². The number of nitrogens with zero attached hydrogens (tertiary/aromatic N) is 2. The molecule has 0 bridgehead atoms. The van der Waals surface area contributed by atoms with Gasteiger partial charge in [0.25, 0.3) is 0 Å². The van der Waals surface area contributed by atoms with Crippen molar-refractivity contribution >= 4 is 28.4 Å². The van der Waals surface area contributed by atoms with E-state index >= 15 is 0 Å². The number of ether oxygens (including phenoxy) is 2. The highest BCUT2D eigenvalue weighted by atomic mass is 127. The molecule has 0 fully saturated rings. The smallest absolute Gasteiger partial charge is 0.161 e. The van der Waals surface area contributed by atoms with Crippen LogP contribution in [0.25, 0.3) is 11.4 Å². The minimum absolute atomic E-state index is 0.458. The number of aromatic nitrogens is 2. The predicted molar refractivity (Wildman–Crippen MR) is 91.6 cm³/mol. The van der Waals surface area contributed by atoms with Gasteiger partial charge in [-0.15, -0.1) is 0 Å². The van der Waals surface area contributed by atoms with Gasteiger partial charge >= 0.3 is 0 Å². The van der Waals surface area contributed by atoms with E-state index in [1.54, 1.807) is 7.11 Å². The zero-order chi connectivity index (χ0) is 15.2. The summed E-state index contributed by atoms with van der Waals surface area (Å²) in [6.07, 6.45) is 0. The molecule has 6 heteroatoms. The number of rotatable bonds is 6. The van der Waals surface area contributed by atoms with Crippen molar-refractivity contribution in [2.75, 3.05) is 26.1 Å². The Bertz CT molecular complexity index is 603. The second kappa shape index (κ2) is 7.56. The zero-order valence-electron chi connectivity index (χ0n) is 12.3. The summed E-state index contributed by atoms with van der Waals surface area (Å²) in [5.41, 5.74) is 1.82. The lowest BCUT2D eigenvalue weighted by Crippen LogP contribution is -2.06. The maximum absolute atomic E-state index is 5.45. The molecule has 1 aromatic heterocycles. The summed E-state index contributed by atoms with van der Waals surface area (Å²) in [6, 6.07) is 7.77. The Hall–Kier alpha value is -1.41. The molecule has 0 atom stereocenters. The molecule has 1 N–H and O–H groups in total. The van der Waals surface area contributed by atoms with Gasteiger partial charge in [-0.1, -0.05) is 0 Å². The number of anilines is 1. The lowest BCUT2D eigenvalue weighted by Gasteiger charge is -2.11. The van der Waals surface area contributed by atoms with Crippen LogP contribution in [0.1, 0.15) is 12.6 Å². The van der Waals surface area contributed by atoms with Crippen LogP contribution in [-0.2, 0) is 11.3 Å². The van der Waals surface area contributed by atoms with Crippen molar-refractivity contribution < 1.29 is 9.47 Å². The fourth-order valence-electron chi connectivity index (χ4n) is 1.89. The average Bonchev–Trinajstić information content (AvgIpc) is 2.51. The van der Waals surface area contributed by atoms with E-state index in [-0.39, 0.29) is 0 Å². The van der Waals surface area contributed by atoms with Crippen LogP contribution in [0.3, 0.4) is 0 Å². The van der Waals surface area contributed by atoms with Crippen LogP contribution in [0.5, 0.6) is 5.75 Å². The Morgan fingerprint density at radius 1 is 1.19 bits per heavy atom. The first-order valence-corrected chi connectivity index (χ1v) is 7.73. The molecule has 0 radical (unpaired) electrons. The van der Waals surface area contributed by atoms with Gasteiger partial charge < -0.3 is 14.8 Å². The van der Waals surface area contributed by atoms with Crippen LogP contribution in [0.15, 0.2) is 24.3 Å². The number of hydrogen-bond acceptors (Lipinski definition) is 5. The van der Waals surface area contributed by atoms with Crippen LogP contribution in [0, 0.1) is 3.57 Å². The third-order valence-corrected chi connectivity index (χ3v) is 3.99. The standard InChI is InChI=1S/C15H18IN3O2/c1-4-21-11-7-5-10(6-8-11)14-18-12(9-20-3)13(16)15(17-2)19-14/h5-8H,4,9H2,1-3H3,(H,17,18,19). The molecule has 21 heavy (non-hydrogen) atoms. The molecule has 2 aromatic rings. The number of hydrogen-bond donors (Lipinski definition) is 1. The summed E-state index contributed by atoms with van der Waals surface area (Å²) in [5, 5.41) is 3.10. The van der Waals surface area contributed by atoms with Crippen molar-refractivity contribution in [2.24, 2.45) is 0 Å². The highest BCUT2D eigenvalue weighted by molar-refractivity contribution is 14.1. The van der Waals surface area contributed by atoms with Gasteiger partial charge in [0.1, 0.15) is 11.6 Å². The molecule has 112 valence electrons. The minimum atomic E-state index is 0.458. The van der Waals surface area contributed by atoms with Crippen molar-refractivity contribution in [1.82, 2.24) is 9.97 Å². The molecule has 0 aliphatic heterocycles. The van der Waals surface area contributed by atoms with Crippen molar-refractivity contribution in [1.29, 1.82) is 0 Å². The SMILES string of the molecule is CCOc1ccc(-c2nc(COC)c(I)c(NC)n2)cc1. The first-order chi connectivity index (χ1) is 10.2. The molecule has 0 spiro atoms. The molecule has 5 nitrogen and oxygen atoms in total. The molecule has 0 aliphatic carbocycles. The van der Waals surface area contributed by atoms with Crippen LogP contribution < -0.4 is 10.1 Å². The third-order valence-electron chi connectivity index (χ3n) is 2.86. The molecule has 2 rings (SSSR count). The van der Waals surface area contributed by atoms with Gasteiger partial charge in [0.15, 0.2) is 5.82 Å². The minimum Gasteiger partial charge on any atom is -0.494 e. The molecular formula is C15H18IN3O2. The first-order valence-electron chi connectivity index (χ1n) is 6.66. The Balaban J connectivity index is 2.40. The fraction of sp³-hybridized carbons (Fsp3) is 0.333. The van der Waals surface area contributed by atoms with Gasteiger partial charge in [0, 0.05) is 19.7 Å². The molecule has 0 unspecified atom stereocenters. The molecular weight excluding hydrogens is 381 g/mol. The summed E-state index contributed by atoms with van der Waals surface area (Å²) in [6.45, 7) is 3.08. The molecule has 1 heterocycles. The summed E-state index contributed by atoms with van der Waals surface area (Å²) in [5.74, 6) is 2.33. The molecule has 0 aliphatic rings. The fourth-order valence-corrected chi connectivity index (χ4v) is 2.55. The normalized spacial score (nSPS) is 10.5. The monoisotopic (exact) mass is 399 g/mol. The number of halogens is 1. The molecule has 0 saturated heterocycles. The van der Waals surface area contributed by atoms with E-state index in [0.717, 1.165) is 26.4 Å². The Morgan fingerprint density at radius 2 is 1.90 bits per heavy atom. The van der Waals surface area contributed by atoms with Crippen LogP contribution in [0.2, 0.25) is 0 Å². The average molecular weight is 399 g/mol. The van der Waals surface area contributed by atoms with Crippen molar-refractivity contribution in [2.45, 2.75) is 13.5 Å². The Morgan fingerprint density at radius 3 is 2.48 bits per heavy atom. The second-order valence-corrected chi connectivity index (χ2v) is 5.38. The van der Waals surface area contributed by atoms with Gasteiger partial charge in [-0.05, 0) is 53.8 Å². The molecule has 1 aromatic carbocycles. The van der Waals surface area contributed by atoms with Crippen LogP contribution in [-0.4, -0.2) is 30.7 Å². The number of methoxy groups -OCH3 is 1. The molecule has 0 saturated carbocycles. The lowest BCUT2D eigenvalue weighted by molar-refractivity contribution is 0.181. The topological polar surface area (TPSA) is 56.3 Å². The van der Waals surface area contributed by atoms with Gasteiger partial charge in [-0.2, -0.15) is 0 Å². The van der Waals surface area contributed by atoms with Crippen molar-refractivity contribution in [3.05, 3.63) is 33.5 Å². The Kier molecular flexibility index (Phi) is 5.75. The van der Waals surface area contributed by atoms with E-state index in [0.29, 0.717) is 19.0 Å². The largest absolute Gasteiger partial charge is 0.494 e. The summed E-state index contributed by atoms with van der Waals surface area (Å²) in [7, 11) is 3.51. The van der Waals surface area contributed by atoms with E-state index in [4.69, 9.17) is 9.47 Å². The lowest BCUT2D eigenvalue weighted by atomic mass is 10.2. The number of benzene rings is 1. The third kappa shape index (κ3) is 3.82. The Labute approximate surface area is 138 Å².